The summed E-state index contributed by atoms with van der Waals surface area (Å²) in [6.07, 6.45) is 2.36. The van der Waals surface area contributed by atoms with Crippen LogP contribution in [0.2, 0.25) is 0 Å². The van der Waals surface area contributed by atoms with Gasteiger partial charge in [-0.25, -0.2) is 4.79 Å². The standard InChI is InChI=1S/C14H21N3O3/c1-14(2)7-11(18)10(12(19)8-14)9-15-3-5-17-6-4-16-13(17)20/h9,18H,3-8H2,1-2H3,(H,16,20). The monoisotopic (exact) mass is 279 g/mol. The molecule has 1 aliphatic carbocycles. The quantitative estimate of drug-likeness (QED) is 0.761. The minimum atomic E-state index is -0.188. The van der Waals surface area contributed by atoms with Gasteiger partial charge in [-0.05, 0) is 5.41 Å². The molecular formula is C14H21N3O3. The highest BCUT2D eigenvalue weighted by molar-refractivity contribution is 6.14. The van der Waals surface area contributed by atoms with E-state index in [1.54, 1.807) is 4.90 Å². The van der Waals surface area contributed by atoms with Crippen molar-refractivity contribution in [2.45, 2.75) is 26.7 Å². The molecule has 1 saturated heterocycles. The number of Topliss-reactive ketones (excluding diaryl/α,β-unsaturated/α-hetero) is 1. The van der Waals surface area contributed by atoms with Gasteiger partial charge in [0, 0.05) is 38.7 Å². The Bertz CT molecular complexity index is 480. The van der Waals surface area contributed by atoms with Crippen molar-refractivity contribution >= 4 is 18.0 Å². The van der Waals surface area contributed by atoms with Crippen LogP contribution in [0.5, 0.6) is 0 Å². The van der Waals surface area contributed by atoms with Crippen LogP contribution in [0.3, 0.4) is 0 Å². The van der Waals surface area contributed by atoms with E-state index in [4.69, 9.17) is 0 Å². The second-order valence-corrected chi connectivity index (χ2v) is 6.06. The van der Waals surface area contributed by atoms with Crippen molar-refractivity contribution in [3.8, 4) is 0 Å². The molecule has 0 unspecified atom stereocenters. The number of rotatable bonds is 4. The van der Waals surface area contributed by atoms with Gasteiger partial charge in [-0.2, -0.15) is 0 Å². The van der Waals surface area contributed by atoms with Crippen LogP contribution < -0.4 is 5.32 Å². The molecule has 0 bridgehead atoms. The third-order valence-corrected chi connectivity index (χ3v) is 3.56. The van der Waals surface area contributed by atoms with E-state index in [1.807, 2.05) is 13.8 Å². The number of hydrogen-bond acceptors (Lipinski definition) is 4. The van der Waals surface area contributed by atoms with Crippen molar-refractivity contribution < 1.29 is 14.7 Å². The van der Waals surface area contributed by atoms with Crippen LogP contribution in [0.1, 0.15) is 26.7 Å². The number of hydrogen-bond donors (Lipinski definition) is 2. The smallest absolute Gasteiger partial charge is 0.317 e. The zero-order valence-corrected chi connectivity index (χ0v) is 12.0. The highest BCUT2D eigenvalue weighted by Crippen LogP contribution is 2.35. The average Bonchev–Trinajstić information content (AvgIpc) is 2.71. The summed E-state index contributed by atoms with van der Waals surface area (Å²) in [5.41, 5.74) is 0.127. The summed E-state index contributed by atoms with van der Waals surface area (Å²) in [5, 5.41) is 12.6. The zero-order valence-electron chi connectivity index (χ0n) is 12.0. The van der Waals surface area contributed by atoms with Gasteiger partial charge in [-0.3, -0.25) is 9.79 Å². The number of nitrogens with zero attached hydrogens (tertiary/aromatic N) is 2. The van der Waals surface area contributed by atoms with Crippen molar-refractivity contribution in [2.75, 3.05) is 26.2 Å². The molecule has 1 fully saturated rings. The number of urea groups is 1. The number of aliphatic hydroxyl groups excluding tert-OH is 1. The number of allylic oxidation sites excluding steroid dienone is 2. The van der Waals surface area contributed by atoms with Gasteiger partial charge in [0.05, 0.1) is 12.1 Å². The number of aliphatic imine (C=N–C) groups is 1. The molecule has 0 radical (unpaired) electrons. The lowest BCUT2D eigenvalue weighted by atomic mass is 9.77. The second-order valence-electron chi connectivity index (χ2n) is 6.06. The Kier molecular flexibility index (Phi) is 4.11. The van der Waals surface area contributed by atoms with E-state index >= 15 is 0 Å². The van der Waals surface area contributed by atoms with Gasteiger partial charge < -0.3 is 15.3 Å². The molecule has 0 atom stereocenters. The molecule has 1 heterocycles. The molecule has 20 heavy (non-hydrogen) atoms. The molecule has 6 heteroatoms. The summed E-state index contributed by atoms with van der Waals surface area (Å²) >= 11 is 0. The topological polar surface area (TPSA) is 82.0 Å². The normalized spacial score (nSPS) is 22.8. The third-order valence-electron chi connectivity index (χ3n) is 3.56. The molecule has 2 N–H and O–H groups in total. The molecule has 6 nitrogen and oxygen atoms in total. The number of carbonyl (C=O) groups is 2. The SMILES string of the molecule is CC1(C)CC(=O)C(C=NCCN2CCNC2=O)=C(O)C1. The van der Waals surface area contributed by atoms with E-state index in [0.29, 0.717) is 44.6 Å². The van der Waals surface area contributed by atoms with Crippen LogP contribution in [0.15, 0.2) is 16.3 Å². The van der Waals surface area contributed by atoms with Gasteiger partial charge in [0.25, 0.3) is 0 Å². The molecule has 2 aliphatic rings. The first-order valence-corrected chi connectivity index (χ1v) is 6.87. The number of nitrogens with one attached hydrogen (secondary N) is 1. The Morgan fingerprint density at radius 2 is 2.15 bits per heavy atom. The van der Waals surface area contributed by atoms with Crippen LogP contribution in [0.25, 0.3) is 0 Å². The van der Waals surface area contributed by atoms with Gasteiger partial charge in [0.1, 0.15) is 5.76 Å². The lowest BCUT2D eigenvalue weighted by molar-refractivity contribution is -0.117. The summed E-state index contributed by atoms with van der Waals surface area (Å²) in [7, 11) is 0. The molecule has 1 aliphatic heterocycles. The fourth-order valence-electron chi connectivity index (χ4n) is 2.51. The highest BCUT2D eigenvalue weighted by atomic mass is 16.3. The van der Waals surface area contributed by atoms with Crippen molar-refractivity contribution in [1.29, 1.82) is 0 Å². The summed E-state index contributed by atoms with van der Waals surface area (Å²) in [5.74, 6) is 0.0512. The molecule has 0 aromatic rings. The minimum absolute atomic E-state index is 0.0681. The molecule has 0 aromatic heterocycles. The Morgan fingerprint density at radius 1 is 1.40 bits per heavy atom. The number of carbonyl (C=O) groups excluding carboxylic acids is 2. The van der Waals surface area contributed by atoms with Crippen molar-refractivity contribution in [1.82, 2.24) is 10.2 Å². The average molecular weight is 279 g/mol. The maximum Gasteiger partial charge on any atom is 0.317 e. The van der Waals surface area contributed by atoms with E-state index < -0.39 is 0 Å². The number of amides is 2. The largest absolute Gasteiger partial charge is 0.511 e. The molecule has 0 spiro atoms. The van der Waals surface area contributed by atoms with Gasteiger partial charge in [-0.1, -0.05) is 13.8 Å². The molecular weight excluding hydrogens is 258 g/mol. The maximum atomic E-state index is 11.9. The highest BCUT2D eigenvalue weighted by Gasteiger charge is 2.32. The molecule has 2 rings (SSSR count). The van der Waals surface area contributed by atoms with Gasteiger partial charge >= 0.3 is 6.03 Å². The van der Waals surface area contributed by atoms with Crippen LogP contribution in [-0.4, -0.2) is 54.2 Å². The van der Waals surface area contributed by atoms with Crippen LogP contribution in [0.4, 0.5) is 4.79 Å². The Morgan fingerprint density at radius 3 is 2.75 bits per heavy atom. The Labute approximate surface area is 118 Å². The molecule has 0 aromatic carbocycles. The van der Waals surface area contributed by atoms with Gasteiger partial charge in [0.15, 0.2) is 5.78 Å². The number of ketones is 1. The van der Waals surface area contributed by atoms with E-state index in [0.717, 1.165) is 0 Å². The first kappa shape index (κ1) is 14.6. The fraction of sp³-hybridized carbons (Fsp3) is 0.643. The summed E-state index contributed by atoms with van der Waals surface area (Å²) in [4.78, 5) is 29.1. The van der Waals surface area contributed by atoms with E-state index in [1.165, 1.54) is 6.21 Å². The predicted octanol–water partition coefficient (Wildman–Crippen LogP) is 1.28. The predicted molar refractivity (Wildman–Crippen MR) is 76.0 cm³/mol. The summed E-state index contributed by atoms with van der Waals surface area (Å²) in [6.45, 7) is 6.23. The first-order chi connectivity index (χ1) is 9.39. The molecule has 110 valence electrons. The van der Waals surface area contributed by atoms with Crippen molar-refractivity contribution in [3.05, 3.63) is 11.3 Å². The van der Waals surface area contributed by atoms with Crippen molar-refractivity contribution in [3.63, 3.8) is 0 Å². The molecule has 0 saturated carbocycles. The second kappa shape index (κ2) is 5.64. The lowest BCUT2D eigenvalue weighted by Crippen LogP contribution is -2.30. The van der Waals surface area contributed by atoms with Crippen LogP contribution in [-0.2, 0) is 4.79 Å². The fourth-order valence-corrected chi connectivity index (χ4v) is 2.51. The van der Waals surface area contributed by atoms with Gasteiger partial charge in [-0.15, -0.1) is 0 Å². The van der Waals surface area contributed by atoms with Crippen molar-refractivity contribution in [2.24, 2.45) is 10.4 Å². The van der Waals surface area contributed by atoms with E-state index in [-0.39, 0.29) is 23.0 Å². The van der Waals surface area contributed by atoms with E-state index in [2.05, 4.69) is 10.3 Å². The number of aliphatic hydroxyl groups is 1. The lowest BCUT2D eigenvalue weighted by Gasteiger charge is -2.28. The van der Waals surface area contributed by atoms with Crippen LogP contribution >= 0.6 is 0 Å². The maximum absolute atomic E-state index is 11.9. The van der Waals surface area contributed by atoms with Gasteiger partial charge in [0.2, 0.25) is 0 Å². The van der Waals surface area contributed by atoms with E-state index in [9.17, 15) is 14.7 Å². The minimum Gasteiger partial charge on any atom is -0.511 e. The Balaban J connectivity index is 1.90. The molecule has 2 amide bonds. The van der Waals surface area contributed by atoms with Crippen LogP contribution in [0, 0.1) is 5.41 Å². The summed E-state index contributed by atoms with van der Waals surface area (Å²) < 4.78 is 0. The zero-order chi connectivity index (χ0) is 14.8. The Hall–Kier alpha value is -1.85. The third kappa shape index (κ3) is 3.37. The first-order valence-electron chi connectivity index (χ1n) is 6.87. The summed E-state index contributed by atoms with van der Waals surface area (Å²) in [6, 6.07) is -0.0715.